The minimum absolute atomic E-state index is 0.0370. The van der Waals surface area contributed by atoms with Gasteiger partial charge in [-0.3, -0.25) is 4.79 Å². The van der Waals surface area contributed by atoms with E-state index >= 15 is 0 Å². The molecular weight excluding hydrogens is 252 g/mol. The Kier molecular flexibility index (Phi) is 5.03. The van der Waals surface area contributed by atoms with Crippen molar-refractivity contribution in [2.24, 2.45) is 0 Å². The Hall–Kier alpha value is -1.69. The van der Waals surface area contributed by atoms with E-state index in [1.807, 2.05) is 6.26 Å². The molecule has 1 rings (SSSR count). The molecule has 0 saturated heterocycles. The molecule has 0 unspecified atom stereocenters. The Morgan fingerprint density at radius 2 is 2.11 bits per heavy atom. The molecule has 3 N–H and O–H groups in total. The van der Waals surface area contributed by atoms with Crippen LogP contribution in [0.3, 0.4) is 0 Å². The molecule has 0 bridgehead atoms. The van der Waals surface area contributed by atoms with Crippen LogP contribution in [0.25, 0.3) is 0 Å². The highest BCUT2D eigenvalue weighted by Gasteiger charge is 2.18. The lowest BCUT2D eigenvalue weighted by atomic mass is 10.1. The standard InChI is InChI=1S/C12H16N2O3S/c1-14(11(15)5-6-18-2)10-4-3-8(13)7-9(10)12(16)17/h3-4,7H,5-6,13H2,1-2H3,(H,16,17). The number of nitrogen functional groups attached to an aromatic ring is 1. The number of carbonyl (C=O) groups is 2. The van der Waals surface area contributed by atoms with Crippen molar-refractivity contribution in [2.45, 2.75) is 6.42 Å². The van der Waals surface area contributed by atoms with Crippen molar-refractivity contribution in [1.29, 1.82) is 0 Å². The number of rotatable bonds is 5. The fraction of sp³-hybridized carbons (Fsp3) is 0.333. The molecular formula is C12H16N2O3S. The third-order valence-electron chi connectivity index (χ3n) is 2.51. The summed E-state index contributed by atoms with van der Waals surface area (Å²) < 4.78 is 0. The van der Waals surface area contributed by atoms with Gasteiger partial charge in [-0.1, -0.05) is 0 Å². The number of hydrogen-bond donors (Lipinski definition) is 2. The maximum atomic E-state index is 11.9. The van der Waals surface area contributed by atoms with E-state index < -0.39 is 5.97 Å². The highest BCUT2D eigenvalue weighted by atomic mass is 32.2. The van der Waals surface area contributed by atoms with E-state index in [0.717, 1.165) is 0 Å². The second kappa shape index (κ2) is 6.30. The second-order valence-electron chi connectivity index (χ2n) is 3.78. The second-order valence-corrected chi connectivity index (χ2v) is 4.76. The average Bonchev–Trinajstić information content (AvgIpc) is 2.34. The molecule has 18 heavy (non-hydrogen) atoms. The number of nitrogens with two attached hydrogens (primary N) is 1. The highest BCUT2D eigenvalue weighted by molar-refractivity contribution is 7.98. The minimum atomic E-state index is -1.10. The van der Waals surface area contributed by atoms with Crippen LogP contribution in [0.1, 0.15) is 16.8 Å². The summed E-state index contributed by atoms with van der Waals surface area (Å²) in [6.07, 6.45) is 2.29. The van der Waals surface area contributed by atoms with Crippen LogP contribution in [-0.4, -0.2) is 36.0 Å². The summed E-state index contributed by atoms with van der Waals surface area (Å²) >= 11 is 1.57. The zero-order chi connectivity index (χ0) is 13.7. The van der Waals surface area contributed by atoms with Gasteiger partial charge in [-0.2, -0.15) is 11.8 Å². The highest BCUT2D eigenvalue weighted by Crippen LogP contribution is 2.23. The van der Waals surface area contributed by atoms with Crippen LogP contribution >= 0.6 is 11.8 Å². The molecule has 0 aliphatic heterocycles. The lowest BCUT2D eigenvalue weighted by Gasteiger charge is -2.19. The van der Waals surface area contributed by atoms with Gasteiger partial charge in [0.1, 0.15) is 0 Å². The van der Waals surface area contributed by atoms with Crippen LogP contribution in [0.4, 0.5) is 11.4 Å². The Balaban J connectivity index is 3.01. The predicted octanol–water partition coefficient (Wildman–Crippen LogP) is 1.68. The van der Waals surface area contributed by atoms with E-state index in [9.17, 15) is 9.59 Å². The molecule has 0 atom stereocenters. The first-order valence-corrected chi connectivity index (χ1v) is 6.75. The number of carboxylic acids is 1. The number of carboxylic acid groups (broad SMARTS) is 1. The molecule has 0 aliphatic rings. The fourth-order valence-corrected chi connectivity index (χ4v) is 1.89. The number of nitrogens with zero attached hydrogens (tertiary/aromatic N) is 1. The van der Waals surface area contributed by atoms with Gasteiger partial charge in [-0.05, 0) is 24.5 Å². The molecule has 1 aromatic rings. The quantitative estimate of drug-likeness (QED) is 0.794. The van der Waals surface area contributed by atoms with Crippen molar-refractivity contribution in [2.75, 3.05) is 29.7 Å². The van der Waals surface area contributed by atoms with Crippen molar-refractivity contribution in [3.05, 3.63) is 23.8 Å². The molecule has 0 spiro atoms. The predicted molar refractivity (Wildman–Crippen MR) is 74.2 cm³/mol. The van der Waals surface area contributed by atoms with Gasteiger partial charge in [0.2, 0.25) is 5.91 Å². The molecule has 6 heteroatoms. The number of aromatic carboxylic acids is 1. The van der Waals surface area contributed by atoms with Gasteiger partial charge in [-0.25, -0.2) is 4.79 Å². The first-order valence-electron chi connectivity index (χ1n) is 5.35. The van der Waals surface area contributed by atoms with E-state index in [2.05, 4.69) is 0 Å². The maximum absolute atomic E-state index is 11.9. The molecule has 1 aromatic carbocycles. The number of thioether (sulfide) groups is 1. The first kappa shape index (κ1) is 14.4. The fourth-order valence-electron chi connectivity index (χ4n) is 1.51. The molecule has 0 fully saturated rings. The number of carbonyl (C=O) groups excluding carboxylic acids is 1. The Morgan fingerprint density at radius 3 is 2.67 bits per heavy atom. The van der Waals surface area contributed by atoms with E-state index in [4.69, 9.17) is 10.8 Å². The molecule has 0 aliphatic carbocycles. The normalized spacial score (nSPS) is 10.1. The van der Waals surface area contributed by atoms with Crippen molar-refractivity contribution < 1.29 is 14.7 Å². The summed E-state index contributed by atoms with van der Waals surface area (Å²) in [6, 6.07) is 4.49. The topological polar surface area (TPSA) is 83.6 Å². The molecule has 1 amide bonds. The third kappa shape index (κ3) is 3.40. The van der Waals surface area contributed by atoms with Crippen LogP contribution in [0, 0.1) is 0 Å². The summed E-state index contributed by atoms with van der Waals surface area (Å²) in [6.45, 7) is 0. The minimum Gasteiger partial charge on any atom is -0.478 e. The van der Waals surface area contributed by atoms with Crippen molar-refractivity contribution in [1.82, 2.24) is 0 Å². The molecule has 0 heterocycles. The van der Waals surface area contributed by atoms with E-state index in [-0.39, 0.29) is 11.5 Å². The van der Waals surface area contributed by atoms with Gasteiger partial charge in [0.15, 0.2) is 0 Å². The number of benzene rings is 1. The largest absolute Gasteiger partial charge is 0.478 e. The van der Waals surface area contributed by atoms with Gasteiger partial charge in [-0.15, -0.1) is 0 Å². The SMILES string of the molecule is CSCCC(=O)N(C)c1ccc(N)cc1C(=O)O. The van der Waals surface area contributed by atoms with Gasteiger partial charge in [0.05, 0.1) is 11.3 Å². The van der Waals surface area contributed by atoms with Crippen LogP contribution in [0.2, 0.25) is 0 Å². The lowest BCUT2D eigenvalue weighted by molar-refractivity contribution is -0.117. The van der Waals surface area contributed by atoms with Gasteiger partial charge in [0.25, 0.3) is 0 Å². The Morgan fingerprint density at radius 1 is 1.44 bits per heavy atom. The summed E-state index contributed by atoms with van der Waals surface area (Å²) in [5.41, 5.74) is 6.31. The van der Waals surface area contributed by atoms with E-state index in [0.29, 0.717) is 23.5 Å². The Bertz CT molecular complexity index is 463. The monoisotopic (exact) mass is 268 g/mol. The number of hydrogen-bond acceptors (Lipinski definition) is 4. The average molecular weight is 268 g/mol. The summed E-state index contributed by atoms with van der Waals surface area (Å²) in [5.74, 6) is -0.501. The van der Waals surface area contributed by atoms with Crippen LogP contribution in [0.15, 0.2) is 18.2 Å². The molecule has 0 radical (unpaired) electrons. The van der Waals surface area contributed by atoms with Crippen LogP contribution in [-0.2, 0) is 4.79 Å². The number of amides is 1. The van der Waals surface area contributed by atoms with Gasteiger partial charge >= 0.3 is 5.97 Å². The summed E-state index contributed by atoms with van der Waals surface area (Å²) in [7, 11) is 1.57. The lowest BCUT2D eigenvalue weighted by Crippen LogP contribution is -2.28. The van der Waals surface area contributed by atoms with Crippen molar-refractivity contribution >= 4 is 35.0 Å². The third-order valence-corrected chi connectivity index (χ3v) is 3.12. The van der Waals surface area contributed by atoms with Gasteiger partial charge in [0, 0.05) is 24.9 Å². The zero-order valence-corrected chi connectivity index (χ0v) is 11.2. The zero-order valence-electron chi connectivity index (χ0n) is 10.3. The molecule has 98 valence electrons. The van der Waals surface area contributed by atoms with E-state index in [1.165, 1.54) is 11.0 Å². The molecule has 5 nitrogen and oxygen atoms in total. The van der Waals surface area contributed by atoms with E-state index in [1.54, 1.807) is 30.9 Å². The molecule has 0 saturated carbocycles. The molecule has 0 aromatic heterocycles. The Labute approximate surface area is 110 Å². The van der Waals surface area contributed by atoms with Crippen LogP contribution in [0.5, 0.6) is 0 Å². The first-order chi connectivity index (χ1) is 8.47. The maximum Gasteiger partial charge on any atom is 0.337 e. The van der Waals surface area contributed by atoms with Gasteiger partial charge < -0.3 is 15.7 Å². The smallest absolute Gasteiger partial charge is 0.337 e. The number of anilines is 2. The van der Waals surface area contributed by atoms with Crippen LogP contribution < -0.4 is 10.6 Å². The van der Waals surface area contributed by atoms with Crippen molar-refractivity contribution in [3.63, 3.8) is 0 Å². The summed E-state index contributed by atoms with van der Waals surface area (Å²) in [4.78, 5) is 24.3. The summed E-state index contributed by atoms with van der Waals surface area (Å²) in [5, 5.41) is 9.10. The van der Waals surface area contributed by atoms with Crippen molar-refractivity contribution in [3.8, 4) is 0 Å².